The van der Waals surface area contributed by atoms with Gasteiger partial charge in [0, 0.05) is 0 Å². The molecule has 2 rings (SSSR count). The molecule has 1 fully saturated rings. The largest absolute Gasteiger partial charge is 0.446 e. The number of anilines is 1. The van der Waals surface area contributed by atoms with Crippen LogP contribution in [0.2, 0.25) is 0 Å². The minimum Gasteiger partial charge on any atom is -0.446 e. The van der Waals surface area contributed by atoms with E-state index >= 15 is 0 Å². The van der Waals surface area contributed by atoms with Crippen molar-refractivity contribution in [3.63, 3.8) is 0 Å². The van der Waals surface area contributed by atoms with Crippen molar-refractivity contribution in [2.24, 2.45) is 0 Å². The molecule has 0 bridgehead atoms. The van der Waals surface area contributed by atoms with Crippen molar-refractivity contribution in [3.05, 3.63) is 30.1 Å². The molecule has 0 aliphatic carbocycles. The lowest BCUT2D eigenvalue weighted by atomic mass is 10.3. The zero-order valence-electron chi connectivity index (χ0n) is 7.37. The molecule has 1 aliphatic rings. The van der Waals surface area contributed by atoms with E-state index in [0.717, 1.165) is 0 Å². The van der Waals surface area contributed by atoms with Gasteiger partial charge in [0.05, 0.1) is 12.2 Å². The normalized spacial score (nSPS) is 15.5. The summed E-state index contributed by atoms with van der Waals surface area (Å²) in [4.78, 5) is 11.0. The predicted octanol–water partition coefficient (Wildman–Crippen LogP) is 1.60. The Morgan fingerprint density at radius 3 is 2.86 bits per heavy atom. The Labute approximate surface area is 80.2 Å². The summed E-state index contributed by atoms with van der Waals surface area (Å²) in [6, 6.07) is 6.15. The van der Waals surface area contributed by atoms with E-state index in [1.807, 2.05) is 0 Å². The van der Waals surface area contributed by atoms with Crippen molar-refractivity contribution in [2.45, 2.75) is 0 Å². The van der Waals surface area contributed by atoms with Gasteiger partial charge in [-0.2, -0.15) is 0 Å². The molecule has 1 heterocycles. The maximum absolute atomic E-state index is 13.1. The molecule has 0 unspecified atom stereocenters. The summed E-state index contributed by atoms with van der Waals surface area (Å²) in [5.41, 5.74) is 2.91. The highest BCUT2D eigenvalue weighted by Crippen LogP contribution is 2.15. The number of benzene rings is 1. The predicted molar refractivity (Wildman–Crippen MR) is 48.1 cm³/mol. The Morgan fingerprint density at radius 1 is 1.43 bits per heavy atom. The van der Waals surface area contributed by atoms with Crippen LogP contribution in [-0.4, -0.2) is 24.3 Å². The number of carbonyl (C=O) groups excluding carboxylic acids is 1. The molecule has 14 heavy (non-hydrogen) atoms. The SMILES string of the molecule is O=C1OCCN1Nc1ccccc1F. The number of nitrogens with one attached hydrogen (secondary N) is 1. The first-order valence-corrected chi connectivity index (χ1v) is 4.23. The van der Waals surface area contributed by atoms with Crippen LogP contribution in [0, 0.1) is 5.82 Å². The number of nitrogens with zero attached hydrogens (tertiary/aromatic N) is 1. The molecule has 1 N–H and O–H groups in total. The topological polar surface area (TPSA) is 41.6 Å². The Morgan fingerprint density at radius 2 is 2.21 bits per heavy atom. The molecule has 1 aromatic rings. The molecular weight excluding hydrogens is 187 g/mol. The fraction of sp³-hybridized carbons (Fsp3) is 0.222. The summed E-state index contributed by atoms with van der Waals surface area (Å²) in [6.07, 6.45) is -0.478. The quantitative estimate of drug-likeness (QED) is 0.781. The summed E-state index contributed by atoms with van der Waals surface area (Å²) in [6.45, 7) is 0.757. The van der Waals surface area contributed by atoms with Crippen LogP contribution < -0.4 is 5.43 Å². The van der Waals surface area contributed by atoms with Crippen LogP contribution in [0.15, 0.2) is 24.3 Å². The molecule has 1 amide bonds. The number of cyclic esters (lactones) is 1. The molecule has 1 aliphatic heterocycles. The van der Waals surface area contributed by atoms with Crippen LogP contribution in [0.3, 0.4) is 0 Å². The van der Waals surface area contributed by atoms with Crippen molar-refractivity contribution in [3.8, 4) is 0 Å². The van der Waals surface area contributed by atoms with Gasteiger partial charge in [-0.05, 0) is 12.1 Å². The number of hydrogen-bond donors (Lipinski definition) is 1. The van der Waals surface area contributed by atoms with Gasteiger partial charge < -0.3 is 4.74 Å². The maximum Gasteiger partial charge on any atom is 0.428 e. The van der Waals surface area contributed by atoms with Gasteiger partial charge in [0.1, 0.15) is 12.4 Å². The van der Waals surface area contributed by atoms with Gasteiger partial charge >= 0.3 is 6.09 Å². The number of halogens is 1. The number of rotatable bonds is 2. The maximum atomic E-state index is 13.1. The molecule has 0 atom stereocenters. The third-order valence-electron chi connectivity index (χ3n) is 1.89. The van der Waals surface area contributed by atoms with Crippen molar-refractivity contribution in [2.75, 3.05) is 18.6 Å². The smallest absolute Gasteiger partial charge is 0.428 e. The van der Waals surface area contributed by atoms with E-state index in [4.69, 9.17) is 0 Å². The fourth-order valence-corrected chi connectivity index (χ4v) is 1.19. The number of ether oxygens (including phenoxy) is 1. The molecule has 0 saturated carbocycles. The van der Waals surface area contributed by atoms with E-state index in [9.17, 15) is 9.18 Å². The monoisotopic (exact) mass is 196 g/mol. The molecule has 1 saturated heterocycles. The van der Waals surface area contributed by atoms with Gasteiger partial charge in [-0.15, -0.1) is 0 Å². The van der Waals surface area contributed by atoms with Crippen LogP contribution in [-0.2, 0) is 4.74 Å². The Balaban J connectivity index is 2.10. The standard InChI is InChI=1S/C9H9FN2O2/c10-7-3-1-2-4-8(7)11-12-5-6-14-9(12)13/h1-4,11H,5-6H2. The van der Waals surface area contributed by atoms with Crippen LogP contribution in [0.25, 0.3) is 0 Å². The lowest BCUT2D eigenvalue weighted by molar-refractivity contribution is 0.163. The third-order valence-corrected chi connectivity index (χ3v) is 1.89. The zero-order valence-corrected chi connectivity index (χ0v) is 7.37. The Hall–Kier alpha value is -1.78. The minimum absolute atomic E-state index is 0.270. The molecule has 74 valence electrons. The first-order valence-electron chi connectivity index (χ1n) is 4.23. The molecule has 0 spiro atoms. The van der Waals surface area contributed by atoms with E-state index in [2.05, 4.69) is 10.2 Å². The summed E-state index contributed by atoms with van der Waals surface area (Å²) >= 11 is 0. The van der Waals surface area contributed by atoms with Crippen LogP contribution in [0.5, 0.6) is 0 Å². The van der Waals surface area contributed by atoms with E-state index < -0.39 is 11.9 Å². The number of hydrogen-bond acceptors (Lipinski definition) is 3. The number of carbonyl (C=O) groups is 1. The number of hydrazine groups is 1. The van der Waals surface area contributed by atoms with Crippen LogP contribution >= 0.6 is 0 Å². The molecular formula is C9H9FN2O2. The van der Waals surface area contributed by atoms with Gasteiger partial charge in [0.15, 0.2) is 0 Å². The van der Waals surface area contributed by atoms with Gasteiger partial charge in [-0.1, -0.05) is 12.1 Å². The molecule has 0 aromatic heterocycles. The highest BCUT2D eigenvalue weighted by atomic mass is 19.1. The lowest BCUT2D eigenvalue weighted by Crippen LogP contribution is -2.30. The van der Waals surface area contributed by atoms with Crippen molar-refractivity contribution < 1.29 is 13.9 Å². The second kappa shape index (κ2) is 3.53. The summed E-state index contributed by atoms with van der Waals surface area (Å²) in [5.74, 6) is -0.396. The third kappa shape index (κ3) is 1.61. The molecule has 1 aromatic carbocycles. The van der Waals surface area contributed by atoms with Crippen LogP contribution in [0.4, 0.5) is 14.9 Å². The second-order valence-corrected chi connectivity index (χ2v) is 2.86. The molecule has 4 nitrogen and oxygen atoms in total. The highest BCUT2D eigenvalue weighted by Gasteiger charge is 2.22. The van der Waals surface area contributed by atoms with Gasteiger partial charge in [-0.25, -0.2) is 14.2 Å². The highest BCUT2D eigenvalue weighted by molar-refractivity contribution is 5.71. The van der Waals surface area contributed by atoms with Crippen molar-refractivity contribution in [1.29, 1.82) is 0 Å². The van der Waals surface area contributed by atoms with Gasteiger partial charge in [-0.3, -0.25) is 5.43 Å². The summed E-state index contributed by atoms with van der Waals surface area (Å²) in [7, 11) is 0. The average Bonchev–Trinajstić information content (AvgIpc) is 2.56. The van der Waals surface area contributed by atoms with E-state index in [0.29, 0.717) is 13.2 Å². The van der Waals surface area contributed by atoms with Crippen LogP contribution in [0.1, 0.15) is 0 Å². The fourth-order valence-electron chi connectivity index (χ4n) is 1.19. The number of amides is 1. The van der Waals surface area contributed by atoms with E-state index in [1.54, 1.807) is 18.2 Å². The summed E-state index contributed by atoms with van der Waals surface area (Å²) in [5, 5.41) is 1.23. The Bertz CT molecular complexity index is 356. The van der Waals surface area contributed by atoms with Gasteiger partial charge in [0.2, 0.25) is 0 Å². The van der Waals surface area contributed by atoms with E-state index in [1.165, 1.54) is 11.1 Å². The zero-order chi connectivity index (χ0) is 9.97. The Kier molecular flexibility index (Phi) is 2.22. The van der Waals surface area contributed by atoms with Crippen molar-refractivity contribution in [1.82, 2.24) is 5.01 Å². The molecule has 0 radical (unpaired) electrons. The minimum atomic E-state index is -0.478. The van der Waals surface area contributed by atoms with E-state index in [-0.39, 0.29) is 5.69 Å². The summed E-state index contributed by atoms with van der Waals surface area (Å²) < 4.78 is 17.8. The van der Waals surface area contributed by atoms with Gasteiger partial charge in [0.25, 0.3) is 0 Å². The second-order valence-electron chi connectivity index (χ2n) is 2.86. The average molecular weight is 196 g/mol. The first-order chi connectivity index (χ1) is 6.77. The lowest BCUT2D eigenvalue weighted by Gasteiger charge is -2.15. The number of para-hydroxylation sites is 1. The van der Waals surface area contributed by atoms with Crippen molar-refractivity contribution >= 4 is 11.8 Å². The molecule has 5 heteroatoms. The first kappa shape index (κ1) is 8.80.